The molecule has 0 heterocycles. The summed E-state index contributed by atoms with van der Waals surface area (Å²) in [5, 5.41) is 21.3. The molecule has 0 saturated carbocycles. The Balaban J connectivity index is 2.94. The number of ether oxygens (including phenoxy) is 1. The molecule has 1 aromatic carbocycles. The third kappa shape index (κ3) is 3.63. The molecule has 0 unspecified atom stereocenters. The predicted molar refractivity (Wildman–Crippen MR) is 69.3 cm³/mol. The number of carbonyl (C=O) groups is 1. The molecule has 0 saturated heterocycles. The van der Waals surface area contributed by atoms with Gasteiger partial charge in [-0.1, -0.05) is 13.8 Å². The van der Waals surface area contributed by atoms with Crippen LogP contribution >= 0.6 is 0 Å². The van der Waals surface area contributed by atoms with E-state index >= 15 is 0 Å². The number of carboxylic acid groups (broad SMARTS) is 1. The number of anilines is 1. The maximum absolute atomic E-state index is 11.1. The molecule has 0 fully saturated rings. The van der Waals surface area contributed by atoms with Crippen molar-refractivity contribution in [2.45, 2.75) is 13.8 Å². The van der Waals surface area contributed by atoms with Crippen LogP contribution in [-0.2, 0) is 0 Å². The molecular weight excluding hydrogens is 234 g/mol. The van der Waals surface area contributed by atoms with Crippen molar-refractivity contribution in [1.82, 2.24) is 0 Å². The van der Waals surface area contributed by atoms with Gasteiger partial charge in [0.1, 0.15) is 5.75 Å². The molecule has 0 aliphatic carbocycles. The predicted octanol–water partition coefficient (Wildman–Crippen LogP) is 1.82. The summed E-state index contributed by atoms with van der Waals surface area (Å²) in [6.07, 6.45) is 0. The van der Waals surface area contributed by atoms with Crippen molar-refractivity contribution in [2.75, 3.05) is 25.6 Å². The Bertz CT molecular complexity index is 429. The quantitative estimate of drug-likeness (QED) is 0.720. The molecular formula is C13H19NO4. The van der Waals surface area contributed by atoms with Crippen LogP contribution in [0.15, 0.2) is 18.2 Å². The van der Waals surface area contributed by atoms with Gasteiger partial charge in [-0.2, -0.15) is 0 Å². The van der Waals surface area contributed by atoms with Gasteiger partial charge < -0.3 is 20.3 Å². The molecule has 0 radical (unpaired) electrons. The molecule has 1 aromatic rings. The van der Waals surface area contributed by atoms with Crippen LogP contribution in [0.25, 0.3) is 0 Å². The summed E-state index contributed by atoms with van der Waals surface area (Å²) in [4.78, 5) is 11.1. The fourth-order valence-electron chi connectivity index (χ4n) is 1.37. The maximum atomic E-state index is 11.1. The second-order valence-electron chi connectivity index (χ2n) is 4.89. The monoisotopic (exact) mass is 253 g/mol. The topological polar surface area (TPSA) is 78.8 Å². The second kappa shape index (κ2) is 5.73. The number of aliphatic hydroxyl groups is 1. The average molecular weight is 253 g/mol. The fraction of sp³-hybridized carbons (Fsp3) is 0.462. The summed E-state index contributed by atoms with van der Waals surface area (Å²) in [6, 6.07) is 4.73. The molecule has 0 spiro atoms. The molecule has 3 N–H and O–H groups in total. The van der Waals surface area contributed by atoms with Crippen LogP contribution in [0.4, 0.5) is 5.69 Å². The molecule has 18 heavy (non-hydrogen) atoms. The summed E-state index contributed by atoms with van der Waals surface area (Å²) in [5.74, 6) is -0.411. The molecule has 5 nitrogen and oxygen atoms in total. The summed E-state index contributed by atoms with van der Waals surface area (Å²) < 4.78 is 5.07. The van der Waals surface area contributed by atoms with E-state index in [2.05, 4.69) is 5.32 Å². The SMILES string of the molecule is COc1ccc(C(=O)O)c(NCC(C)(C)CO)c1. The standard InChI is InChI=1S/C13H19NO4/c1-13(2,8-15)7-14-11-6-9(18-3)4-5-10(11)12(16)17/h4-6,14-15H,7-8H2,1-3H3,(H,16,17). The van der Waals surface area contributed by atoms with E-state index in [9.17, 15) is 9.90 Å². The second-order valence-corrected chi connectivity index (χ2v) is 4.89. The van der Waals surface area contributed by atoms with E-state index in [0.717, 1.165) is 0 Å². The highest BCUT2D eigenvalue weighted by molar-refractivity contribution is 5.94. The lowest BCUT2D eigenvalue weighted by Gasteiger charge is -2.23. The average Bonchev–Trinajstić information content (AvgIpc) is 2.36. The number of nitrogens with one attached hydrogen (secondary N) is 1. The van der Waals surface area contributed by atoms with Gasteiger partial charge in [-0.15, -0.1) is 0 Å². The number of rotatable bonds is 6. The Morgan fingerprint density at radius 3 is 2.61 bits per heavy atom. The zero-order valence-corrected chi connectivity index (χ0v) is 10.9. The molecule has 1 rings (SSSR count). The lowest BCUT2D eigenvalue weighted by molar-refractivity contribution is 0.0698. The van der Waals surface area contributed by atoms with Gasteiger partial charge in [0.15, 0.2) is 0 Å². The molecule has 0 aliphatic rings. The Kier molecular flexibility index (Phi) is 4.55. The van der Waals surface area contributed by atoms with Gasteiger partial charge in [0, 0.05) is 24.6 Å². The smallest absolute Gasteiger partial charge is 0.337 e. The number of hydrogen-bond acceptors (Lipinski definition) is 4. The van der Waals surface area contributed by atoms with Gasteiger partial charge in [0.05, 0.1) is 18.4 Å². The minimum atomic E-state index is -0.998. The highest BCUT2D eigenvalue weighted by Crippen LogP contribution is 2.24. The molecule has 0 amide bonds. The molecule has 100 valence electrons. The van der Waals surface area contributed by atoms with Crippen molar-refractivity contribution in [3.8, 4) is 5.75 Å². The number of aromatic carboxylic acids is 1. The van der Waals surface area contributed by atoms with Crippen LogP contribution < -0.4 is 10.1 Å². The van der Waals surface area contributed by atoms with Crippen molar-refractivity contribution in [3.63, 3.8) is 0 Å². The third-order valence-electron chi connectivity index (χ3n) is 2.64. The van der Waals surface area contributed by atoms with Gasteiger partial charge in [-0.05, 0) is 12.1 Å². The van der Waals surface area contributed by atoms with Crippen molar-refractivity contribution in [1.29, 1.82) is 0 Å². The molecule has 5 heteroatoms. The van der Waals surface area contributed by atoms with Crippen molar-refractivity contribution in [3.05, 3.63) is 23.8 Å². The zero-order valence-electron chi connectivity index (χ0n) is 10.9. The van der Waals surface area contributed by atoms with E-state index in [1.165, 1.54) is 13.2 Å². The Morgan fingerprint density at radius 1 is 1.44 bits per heavy atom. The Morgan fingerprint density at radius 2 is 2.11 bits per heavy atom. The maximum Gasteiger partial charge on any atom is 0.337 e. The van der Waals surface area contributed by atoms with Crippen LogP contribution in [0, 0.1) is 5.41 Å². The lowest BCUT2D eigenvalue weighted by Crippen LogP contribution is -2.27. The lowest BCUT2D eigenvalue weighted by atomic mass is 9.95. The minimum absolute atomic E-state index is 0.0202. The van der Waals surface area contributed by atoms with Crippen molar-refractivity contribution >= 4 is 11.7 Å². The first kappa shape index (κ1) is 14.3. The van der Waals surface area contributed by atoms with E-state index in [1.807, 2.05) is 13.8 Å². The van der Waals surface area contributed by atoms with Gasteiger partial charge in [-0.25, -0.2) is 4.79 Å². The Hall–Kier alpha value is -1.75. The fourth-order valence-corrected chi connectivity index (χ4v) is 1.37. The number of benzene rings is 1. The van der Waals surface area contributed by atoms with E-state index in [-0.39, 0.29) is 17.6 Å². The van der Waals surface area contributed by atoms with Gasteiger partial charge in [0.2, 0.25) is 0 Å². The van der Waals surface area contributed by atoms with Crippen LogP contribution in [0.1, 0.15) is 24.2 Å². The molecule has 0 aromatic heterocycles. The van der Waals surface area contributed by atoms with E-state index in [1.54, 1.807) is 12.1 Å². The van der Waals surface area contributed by atoms with Crippen LogP contribution in [-0.4, -0.2) is 36.4 Å². The summed E-state index contributed by atoms with van der Waals surface area (Å²) in [7, 11) is 1.53. The van der Waals surface area contributed by atoms with Gasteiger partial charge in [-0.3, -0.25) is 0 Å². The van der Waals surface area contributed by atoms with Crippen LogP contribution in [0.3, 0.4) is 0 Å². The van der Waals surface area contributed by atoms with Crippen molar-refractivity contribution < 1.29 is 19.7 Å². The number of carboxylic acids is 1. The summed E-state index contributed by atoms with van der Waals surface area (Å²) in [5.41, 5.74) is 0.353. The first-order chi connectivity index (χ1) is 8.39. The first-order valence-electron chi connectivity index (χ1n) is 5.66. The number of methoxy groups -OCH3 is 1. The summed E-state index contributed by atoms with van der Waals surface area (Å²) in [6.45, 7) is 4.27. The number of hydrogen-bond donors (Lipinski definition) is 3. The van der Waals surface area contributed by atoms with E-state index in [0.29, 0.717) is 18.0 Å². The van der Waals surface area contributed by atoms with Crippen LogP contribution in [0.5, 0.6) is 5.75 Å². The molecule has 0 aliphatic heterocycles. The van der Waals surface area contributed by atoms with Gasteiger partial charge >= 0.3 is 5.97 Å². The highest BCUT2D eigenvalue weighted by Gasteiger charge is 2.18. The third-order valence-corrected chi connectivity index (χ3v) is 2.64. The number of aliphatic hydroxyl groups excluding tert-OH is 1. The first-order valence-corrected chi connectivity index (χ1v) is 5.66. The largest absolute Gasteiger partial charge is 0.497 e. The Labute approximate surface area is 106 Å². The highest BCUT2D eigenvalue weighted by atomic mass is 16.5. The van der Waals surface area contributed by atoms with Gasteiger partial charge in [0.25, 0.3) is 0 Å². The van der Waals surface area contributed by atoms with E-state index in [4.69, 9.17) is 9.84 Å². The van der Waals surface area contributed by atoms with E-state index < -0.39 is 5.97 Å². The normalized spacial score (nSPS) is 11.1. The zero-order chi connectivity index (χ0) is 13.8. The minimum Gasteiger partial charge on any atom is -0.497 e. The van der Waals surface area contributed by atoms with Crippen molar-refractivity contribution in [2.24, 2.45) is 5.41 Å². The molecule has 0 bridgehead atoms. The van der Waals surface area contributed by atoms with Crippen LogP contribution in [0.2, 0.25) is 0 Å². The molecule has 0 atom stereocenters. The summed E-state index contributed by atoms with van der Waals surface area (Å²) >= 11 is 0.